The van der Waals surface area contributed by atoms with Gasteiger partial charge in [-0.05, 0) is 13.8 Å². The molecule has 0 aliphatic carbocycles. The fourth-order valence-electron chi connectivity index (χ4n) is 0.638. The number of aliphatic hydroxyl groups excluding tert-OH is 2. The summed E-state index contributed by atoms with van der Waals surface area (Å²) in [6, 6.07) is 0. The zero-order valence-electron chi connectivity index (χ0n) is 9.78. The number of aliphatic hydroxyl groups is 2. The number of hydrogen-bond donors (Lipinski definition) is 2. The van der Waals surface area contributed by atoms with Gasteiger partial charge in [-0.1, -0.05) is 0 Å². The minimum absolute atomic E-state index is 0.0894. The van der Waals surface area contributed by atoms with Crippen LogP contribution in [0.4, 0.5) is 0 Å². The molecule has 0 aromatic carbocycles. The monoisotopic (exact) mass is 224 g/mol. The molecule has 0 spiro atoms. The Labute approximate surface area is 92.0 Å². The van der Waals surface area contributed by atoms with E-state index in [2.05, 4.69) is 0 Å². The quantitative estimate of drug-likeness (QED) is 0.542. The number of rotatable bonds is 9. The standard InChI is InChI=1S/C6H14O3.C4H10O2/c1-2-8-5-6-9-4-3-7;1-2-6-4-3-5/h7H,2-6H2,1H3;5H,2-4H2,1H3. The molecule has 0 bridgehead atoms. The highest BCUT2D eigenvalue weighted by molar-refractivity contribution is 4.28. The number of hydrogen-bond acceptors (Lipinski definition) is 5. The third-order valence-electron chi connectivity index (χ3n) is 1.25. The molecule has 0 aliphatic rings. The fourth-order valence-corrected chi connectivity index (χ4v) is 0.638. The average Bonchev–Trinajstić information content (AvgIpc) is 2.27. The Morgan fingerprint density at radius 2 is 1.07 bits per heavy atom. The molecule has 0 unspecified atom stereocenters. The Morgan fingerprint density at radius 3 is 1.47 bits per heavy atom. The zero-order chi connectivity index (χ0) is 11.8. The van der Waals surface area contributed by atoms with E-state index >= 15 is 0 Å². The predicted molar refractivity (Wildman–Crippen MR) is 58.0 cm³/mol. The molecular formula is C10H24O5. The summed E-state index contributed by atoms with van der Waals surface area (Å²) in [5.74, 6) is 0. The molecule has 2 N–H and O–H groups in total. The Bertz CT molecular complexity index is 79.9. The first-order valence-electron chi connectivity index (χ1n) is 5.28. The second-order valence-corrected chi connectivity index (χ2v) is 2.45. The lowest BCUT2D eigenvalue weighted by atomic mass is 10.7. The van der Waals surface area contributed by atoms with Crippen molar-refractivity contribution in [3.05, 3.63) is 0 Å². The Kier molecular flexibility index (Phi) is 22.2. The van der Waals surface area contributed by atoms with Crippen LogP contribution >= 0.6 is 0 Å². The van der Waals surface area contributed by atoms with Crippen molar-refractivity contribution < 1.29 is 24.4 Å². The van der Waals surface area contributed by atoms with Gasteiger partial charge in [-0.3, -0.25) is 0 Å². The molecule has 0 amide bonds. The van der Waals surface area contributed by atoms with E-state index in [1.54, 1.807) is 0 Å². The van der Waals surface area contributed by atoms with E-state index in [0.29, 0.717) is 33.0 Å². The second kappa shape index (κ2) is 19.4. The van der Waals surface area contributed by atoms with Crippen molar-refractivity contribution in [3.63, 3.8) is 0 Å². The summed E-state index contributed by atoms with van der Waals surface area (Å²) in [6.45, 7) is 7.55. The Morgan fingerprint density at radius 1 is 0.667 bits per heavy atom. The van der Waals surface area contributed by atoms with Crippen molar-refractivity contribution in [2.75, 3.05) is 52.9 Å². The van der Waals surface area contributed by atoms with Crippen LogP contribution in [-0.4, -0.2) is 63.1 Å². The molecular weight excluding hydrogens is 200 g/mol. The number of ether oxygens (including phenoxy) is 3. The summed E-state index contributed by atoms with van der Waals surface area (Å²) in [7, 11) is 0. The van der Waals surface area contributed by atoms with E-state index in [9.17, 15) is 0 Å². The van der Waals surface area contributed by atoms with Crippen LogP contribution in [0.5, 0.6) is 0 Å². The molecule has 94 valence electrons. The Hall–Kier alpha value is -0.200. The minimum Gasteiger partial charge on any atom is -0.394 e. The molecule has 0 heterocycles. The zero-order valence-corrected chi connectivity index (χ0v) is 9.78. The summed E-state index contributed by atoms with van der Waals surface area (Å²) in [4.78, 5) is 0. The maximum Gasteiger partial charge on any atom is 0.0701 e. The molecule has 5 nitrogen and oxygen atoms in total. The molecule has 15 heavy (non-hydrogen) atoms. The van der Waals surface area contributed by atoms with Gasteiger partial charge in [-0.2, -0.15) is 0 Å². The summed E-state index contributed by atoms with van der Waals surface area (Å²) < 4.78 is 14.6. The minimum atomic E-state index is 0.0894. The van der Waals surface area contributed by atoms with Gasteiger partial charge in [-0.15, -0.1) is 0 Å². The molecule has 5 heteroatoms. The summed E-state index contributed by atoms with van der Waals surface area (Å²) in [5, 5.41) is 16.3. The smallest absolute Gasteiger partial charge is 0.0701 e. The van der Waals surface area contributed by atoms with Crippen molar-refractivity contribution in [1.82, 2.24) is 0 Å². The van der Waals surface area contributed by atoms with Gasteiger partial charge in [0.2, 0.25) is 0 Å². The van der Waals surface area contributed by atoms with Crippen LogP contribution in [0.3, 0.4) is 0 Å². The lowest BCUT2D eigenvalue weighted by molar-refractivity contribution is 0.0370. The summed E-state index contributed by atoms with van der Waals surface area (Å²) >= 11 is 0. The van der Waals surface area contributed by atoms with Crippen LogP contribution in [0.15, 0.2) is 0 Å². The van der Waals surface area contributed by atoms with Crippen LogP contribution in [-0.2, 0) is 14.2 Å². The maximum absolute atomic E-state index is 8.26. The highest BCUT2D eigenvalue weighted by Crippen LogP contribution is 1.76. The molecule has 0 saturated heterocycles. The van der Waals surface area contributed by atoms with E-state index in [-0.39, 0.29) is 13.2 Å². The lowest BCUT2D eigenvalue weighted by Gasteiger charge is -2.00. The normalized spacial score (nSPS) is 9.60. The van der Waals surface area contributed by atoms with E-state index < -0.39 is 0 Å². The van der Waals surface area contributed by atoms with Crippen LogP contribution < -0.4 is 0 Å². The third-order valence-corrected chi connectivity index (χ3v) is 1.25. The van der Waals surface area contributed by atoms with Crippen LogP contribution in [0, 0.1) is 0 Å². The SMILES string of the molecule is CCOCCO.CCOCCOCCO. The van der Waals surface area contributed by atoms with E-state index in [4.69, 9.17) is 24.4 Å². The van der Waals surface area contributed by atoms with Crippen LogP contribution in [0.1, 0.15) is 13.8 Å². The highest BCUT2D eigenvalue weighted by Gasteiger charge is 1.84. The van der Waals surface area contributed by atoms with Crippen molar-refractivity contribution in [1.29, 1.82) is 0 Å². The van der Waals surface area contributed by atoms with Crippen LogP contribution in [0.2, 0.25) is 0 Å². The van der Waals surface area contributed by atoms with E-state index in [1.165, 1.54) is 0 Å². The molecule has 0 fully saturated rings. The van der Waals surface area contributed by atoms with Crippen molar-refractivity contribution >= 4 is 0 Å². The first-order chi connectivity index (χ1) is 7.33. The maximum atomic E-state index is 8.26. The van der Waals surface area contributed by atoms with Crippen molar-refractivity contribution in [2.24, 2.45) is 0 Å². The lowest BCUT2D eigenvalue weighted by Crippen LogP contribution is -2.06. The van der Waals surface area contributed by atoms with Gasteiger partial charge in [0, 0.05) is 13.2 Å². The predicted octanol–water partition coefficient (Wildman–Crippen LogP) is 0.0470. The van der Waals surface area contributed by atoms with Gasteiger partial charge in [0.25, 0.3) is 0 Å². The van der Waals surface area contributed by atoms with Crippen molar-refractivity contribution in [3.8, 4) is 0 Å². The molecule has 0 saturated carbocycles. The van der Waals surface area contributed by atoms with Crippen molar-refractivity contribution in [2.45, 2.75) is 13.8 Å². The molecule has 0 rings (SSSR count). The molecule has 0 aromatic rings. The average molecular weight is 224 g/mol. The van der Waals surface area contributed by atoms with E-state index in [0.717, 1.165) is 6.61 Å². The van der Waals surface area contributed by atoms with Gasteiger partial charge in [0.05, 0.1) is 39.6 Å². The molecule has 0 atom stereocenters. The second-order valence-electron chi connectivity index (χ2n) is 2.45. The highest BCUT2D eigenvalue weighted by atomic mass is 16.5. The first kappa shape index (κ1) is 17.2. The van der Waals surface area contributed by atoms with Crippen LogP contribution in [0.25, 0.3) is 0 Å². The van der Waals surface area contributed by atoms with Gasteiger partial charge < -0.3 is 24.4 Å². The van der Waals surface area contributed by atoms with Gasteiger partial charge in [0.15, 0.2) is 0 Å². The largest absolute Gasteiger partial charge is 0.394 e. The van der Waals surface area contributed by atoms with Gasteiger partial charge in [0.1, 0.15) is 0 Å². The molecule has 0 aliphatic heterocycles. The fraction of sp³-hybridized carbons (Fsp3) is 1.00. The summed E-state index contributed by atoms with van der Waals surface area (Å²) in [5.41, 5.74) is 0. The summed E-state index contributed by atoms with van der Waals surface area (Å²) in [6.07, 6.45) is 0. The first-order valence-corrected chi connectivity index (χ1v) is 5.28. The third kappa shape index (κ3) is 24.8. The van der Waals surface area contributed by atoms with Gasteiger partial charge in [-0.25, -0.2) is 0 Å². The Balaban J connectivity index is 0. The van der Waals surface area contributed by atoms with E-state index in [1.807, 2.05) is 13.8 Å². The molecule has 0 aromatic heterocycles. The topological polar surface area (TPSA) is 68.2 Å². The molecule has 0 radical (unpaired) electrons. The van der Waals surface area contributed by atoms with Gasteiger partial charge >= 0.3 is 0 Å².